The Morgan fingerprint density at radius 1 is 1.29 bits per heavy atom. The lowest BCUT2D eigenvalue weighted by Gasteiger charge is -2.04. The van der Waals surface area contributed by atoms with E-state index in [-0.39, 0.29) is 22.8 Å². The normalized spacial score (nSPS) is 26.8. The molecule has 94 valence electrons. The molecule has 1 aliphatic rings. The van der Waals surface area contributed by atoms with Crippen molar-refractivity contribution in [3.8, 4) is 0 Å². The number of primary sulfonamides is 1. The van der Waals surface area contributed by atoms with E-state index in [1.807, 2.05) is 0 Å². The summed E-state index contributed by atoms with van der Waals surface area (Å²) in [6, 6.07) is 6.60. The minimum absolute atomic E-state index is 0.0812. The van der Waals surface area contributed by atoms with Gasteiger partial charge in [0.05, 0.1) is 4.90 Å². The van der Waals surface area contributed by atoms with Crippen molar-refractivity contribution in [2.45, 2.75) is 24.7 Å². The Kier molecular flexibility index (Phi) is 2.80. The third-order valence-electron chi connectivity index (χ3n) is 3.81. The average molecular weight is 255 g/mol. The van der Waals surface area contributed by atoms with Crippen molar-refractivity contribution in [2.75, 3.05) is 6.61 Å². The summed E-state index contributed by atoms with van der Waals surface area (Å²) < 4.78 is 22.2. The second-order valence-electron chi connectivity index (χ2n) is 5.20. The fourth-order valence-corrected chi connectivity index (χ4v) is 3.13. The first-order valence-electron chi connectivity index (χ1n) is 5.52. The highest BCUT2D eigenvalue weighted by molar-refractivity contribution is 7.89. The van der Waals surface area contributed by atoms with Gasteiger partial charge in [0.15, 0.2) is 0 Å². The molecule has 1 aromatic carbocycles. The van der Waals surface area contributed by atoms with Gasteiger partial charge in [0.25, 0.3) is 0 Å². The predicted octanol–water partition coefficient (Wildman–Crippen LogP) is 1.07. The van der Waals surface area contributed by atoms with E-state index in [0.29, 0.717) is 5.92 Å². The maximum absolute atomic E-state index is 11.1. The van der Waals surface area contributed by atoms with Crippen LogP contribution in [0.1, 0.15) is 25.3 Å². The minimum Gasteiger partial charge on any atom is -0.396 e. The molecule has 0 spiro atoms. The molecule has 2 atom stereocenters. The van der Waals surface area contributed by atoms with Gasteiger partial charge in [-0.2, -0.15) is 0 Å². The fourth-order valence-electron chi connectivity index (χ4n) is 2.61. The molecule has 0 saturated heterocycles. The van der Waals surface area contributed by atoms with E-state index >= 15 is 0 Å². The molecular weight excluding hydrogens is 238 g/mol. The average Bonchev–Trinajstić information content (AvgIpc) is 2.79. The van der Waals surface area contributed by atoms with Crippen molar-refractivity contribution in [3.63, 3.8) is 0 Å². The molecule has 1 aromatic rings. The molecule has 1 aliphatic carbocycles. The van der Waals surface area contributed by atoms with Gasteiger partial charge in [0.1, 0.15) is 0 Å². The molecule has 17 heavy (non-hydrogen) atoms. The second-order valence-corrected chi connectivity index (χ2v) is 6.76. The molecule has 5 heteroatoms. The highest BCUT2D eigenvalue weighted by Crippen LogP contribution is 2.63. The summed E-state index contributed by atoms with van der Waals surface area (Å²) in [6.07, 6.45) is 0. The number of hydrogen-bond acceptors (Lipinski definition) is 3. The zero-order valence-corrected chi connectivity index (χ0v) is 10.7. The van der Waals surface area contributed by atoms with Gasteiger partial charge in [-0.3, -0.25) is 0 Å². The molecule has 4 nitrogen and oxygen atoms in total. The zero-order chi connectivity index (χ0) is 12.8. The summed E-state index contributed by atoms with van der Waals surface area (Å²) in [7, 11) is -3.62. The first-order valence-corrected chi connectivity index (χ1v) is 7.06. The van der Waals surface area contributed by atoms with Crippen molar-refractivity contribution in [2.24, 2.45) is 16.5 Å². The SMILES string of the molecule is CC1(C)C(c2ccc(S(N)(=O)=O)cc2)[C@H]1CO. The molecule has 0 aliphatic heterocycles. The van der Waals surface area contributed by atoms with Crippen LogP contribution in [-0.2, 0) is 10.0 Å². The van der Waals surface area contributed by atoms with Crippen molar-refractivity contribution in [1.82, 2.24) is 0 Å². The molecule has 0 aromatic heterocycles. The smallest absolute Gasteiger partial charge is 0.238 e. The maximum atomic E-state index is 11.1. The number of nitrogens with two attached hydrogens (primary N) is 1. The highest BCUT2D eigenvalue weighted by Gasteiger charge is 2.57. The quantitative estimate of drug-likeness (QED) is 0.847. The molecule has 3 N–H and O–H groups in total. The van der Waals surface area contributed by atoms with Crippen LogP contribution in [0.4, 0.5) is 0 Å². The minimum atomic E-state index is -3.62. The van der Waals surface area contributed by atoms with Gasteiger partial charge in [0, 0.05) is 6.61 Å². The molecule has 0 amide bonds. The van der Waals surface area contributed by atoms with Crippen LogP contribution in [0, 0.1) is 11.3 Å². The lowest BCUT2D eigenvalue weighted by molar-refractivity contribution is 0.256. The summed E-state index contributed by atoms with van der Waals surface area (Å²) >= 11 is 0. The van der Waals surface area contributed by atoms with Gasteiger partial charge in [-0.05, 0) is 34.9 Å². The number of aliphatic hydroxyl groups is 1. The Hall–Kier alpha value is -0.910. The van der Waals surface area contributed by atoms with Crippen LogP contribution in [0.25, 0.3) is 0 Å². The van der Waals surface area contributed by atoms with Crippen LogP contribution in [0.15, 0.2) is 29.2 Å². The van der Waals surface area contributed by atoms with Crippen molar-refractivity contribution < 1.29 is 13.5 Å². The lowest BCUT2D eigenvalue weighted by Crippen LogP contribution is -2.11. The Balaban J connectivity index is 2.27. The summed E-state index contributed by atoms with van der Waals surface area (Å²) in [4.78, 5) is 0.125. The summed E-state index contributed by atoms with van der Waals surface area (Å²) in [5.41, 5.74) is 1.14. The number of sulfonamides is 1. The van der Waals surface area contributed by atoms with Crippen LogP contribution in [0.2, 0.25) is 0 Å². The molecule has 0 heterocycles. The third kappa shape index (κ3) is 2.10. The maximum Gasteiger partial charge on any atom is 0.238 e. The Morgan fingerprint density at radius 3 is 2.18 bits per heavy atom. The summed E-state index contributed by atoms with van der Waals surface area (Å²) in [6.45, 7) is 4.37. The zero-order valence-electron chi connectivity index (χ0n) is 9.92. The van der Waals surface area contributed by atoms with Crippen molar-refractivity contribution in [1.29, 1.82) is 0 Å². The number of benzene rings is 1. The molecule has 1 unspecified atom stereocenters. The Morgan fingerprint density at radius 2 is 1.82 bits per heavy atom. The standard InChI is InChI=1S/C12H17NO3S/c1-12(2)10(7-14)11(12)8-3-5-9(6-4-8)17(13,15)16/h3-6,10-11,14H,7H2,1-2H3,(H2,13,15,16)/t10-,11?/m1/s1. The molecule has 1 fully saturated rings. The summed E-state index contributed by atoms with van der Waals surface area (Å²) in [5.74, 6) is 0.546. The van der Waals surface area contributed by atoms with E-state index < -0.39 is 10.0 Å². The molecular formula is C12H17NO3S. The van der Waals surface area contributed by atoms with Gasteiger partial charge in [-0.25, -0.2) is 13.6 Å². The van der Waals surface area contributed by atoms with Gasteiger partial charge in [-0.15, -0.1) is 0 Å². The summed E-state index contributed by atoms with van der Waals surface area (Å²) in [5, 5.41) is 14.3. The number of hydrogen-bond donors (Lipinski definition) is 2. The van der Waals surface area contributed by atoms with E-state index in [9.17, 15) is 13.5 Å². The van der Waals surface area contributed by atoms with Gasteiger partial charge in [0.2, 0.25) is 10.0 Å². The van der Waals surface area contributed by atoms with Crippen LogP contribution in [0.3, 0.4) is 0 Å². The van der Waals surface area contributed by atoms with Crippen molar-refractivity contribution in [3.05, 3.63) is 29.8 Å². The molecule has 2 rings (SSSR count). The van der Waals surface area contributed by atoms with E-state index in [1.54, 1.807) is 12.1 Å². The third-order valence-corrected chi connectivity index (χ3v) is 4.74. The number of aliphatic hydroxyl groups excluding tert-OH is 1. The van der Waals surface area contributed by atoms with Gasteiger partial charge >= 0.3 is 0 Å². The van der Waals surface area contributed by atoms with Gasteiger partial charge in [-0.1, -0.05) is 26.0 Å². The van der Waals surface area contributed by atoms with Gasteiger partial charge < -0.3 is 5.11 Å². The van der Waals surface area contributed by atoms with Crippen LogP contribution in [0.5, 0.6) is 0 Å². The van der Waals surface area contributed by atoms with Crippen LogP contribution in [-0.4, -0.2) is 20.1 Å². The largest absolute Gasteiger partial charge is 0.396 e. The highest BCUT2D eigenvalue weighted by atomic mass is 32.2. The van der Waals surface area contributed by atoms with Crippen LogP contribution >= 0.6 is 0 Å². The molecule has 0 radical (unpaired) electrons. The Bertz CT molecular complexity index is 519. The topological polar surface area (TPSA) is 80.4 Å². The second kappa shape index (κ2) is 3.80. The first-order chi connectivity index (χ1) is 7.78. The predicted molar refractivity (Wildman–Crippen MR) is 64.9 cm³/mol. The van der Waals surface area contributed by atoms with E-state index in [4.69, 9.17) is 5.14 Å². The van der Waals surface area contributed by atoms with E-state index in [2.05, 4.69) is 13.8 Å². The van der Waals surface area contributed by atoms with Crippen molar-refractivity contribution >= 4 is 10.0 Å². The fraction of sp³-hybridized carbons (Fsp3) is 0.500. The van der Waals surface area contributed by atoms with E-state index in [0.717, 1.165) is 5.56 Å². The van der Waals surface area contributed by atoms with Crippen LogP contribution < -0.4 is 5.14 Å². The molecule has 0 bridgehead atoms. The van der Waals surface area contributed by atoms with E-state index in [1.165, 1.54) is 12.1 Å². The monoisotopic (exact) mass is 255 g/mol. The first kappa shape index (κ1) is 12.5. The Labute approximate surface area is 102 Å². The lowest BCUT2D eigenvalue weighted by atomic mass is 10.0. The number of rotatable bonds is 3. The molecule has 1 saturated carbocycles.